The number of hydrogen-bond donors (Lipinski definition) is 1. The summed E-state index contributed by atoms with van der Waals surface area (Å²) in [7, 11) is 0. The van der Waals surface area contributed by atoms with Gasteiger partial charge in [0.2, 0.25) is 0 Å². The van der Waals surface area contributed by atoms with Gasteiger partial charge in [-0.15, -0.1) is 11.3 Å². The number of aromatic nitrogens is 2. The van der Waals surface area contributed by atoms with Crippen LogP contribution in [0.4, 0.5) is 4.39 Å². The maximum atomic E-state index is 14.9. The topological polar surface area (TPSA) is 66.3 Å². The van der Waals surface area contributed by atoms with Crippen LogP contribution in [-0.4, -0.2) is 39.0 Å². The number of likely N-dealkylation sites (tertiary alicyclic amines) is 1. The summed E-state index contributed by atoms with van der Waals surface area (Å²) in [5.41, 5.74) is 4.33. The van der Waals surface area contributed by atoms with Crippen molar-refractivity contribution in [2.24, 2.45) is 5.92 Å². The summed E-state index contributed by atoms with van der Waals surface area (Å²) >= 11 is 1.48. The molecule has 3 heterocycles. The van der Waals surface area contributed by atoms with Crippen LogP contribution in [0.3, 0.4) is 0 Å². The van der Waals surface area contributed by atoms with Crippen molar-refractivity contribution in [3.8, 4) is 10.6 Å². The van der Waals surface area contributed by atoms with E-state index in [9.17, 15) is 9.18 Å². The molecule has 0 unspecified atom stereocenters. The third kappa shape index (κ3) is 4.19. The molecule has 4 aromatic rings. The number of aliphatic carboxylic acids is 1. The van der Waals surface area contributed by atoms with Crippen molar-refractivity contribution in [1.29, 1.82) is 0 Å². The second-order valence-corrected chi connectivity index (χ2v) is 8.89. The lowest BCUT2D eigenvalue weighted by Gasteiger charge is -2.36. The van der Waals surface area contributed by atoms with E-state index in [2.05, 4.69) is 16.0 Å². The van der Waals surface area contributed by atoms with Gasteiger partial charge in [0.25, 0.3) is 0 Å². The lowest BCUT2D eigenvalue weighted by atomic mass is 9.99. The Balaban J connectivity index is 1.33. The van der Waals surface area contributed by atoms with Gasteiger partial charge in [-0.2, -0.15) is 0 Å². The van der Waals surface area contributed by atoms with E-state index in [0.717, 1.165) is 33.5 Å². The van der Waals surface area contributed by atoms with Crippen LogP contribution in [0.25, 0.3) is 20.8 Å². The predicted octanol–water partition coefficient (Wildman–Crippen LogP) is 4.60. The van der Waals surface area contributed by atoms with E-state index in [1.165, 1.54) is 17.4 Å². The minimum absolute atomic E-state index is 0.305. The molecule has 1 aliphatic rings. The number of carbonyl (C=O) groups is 1. The van der Waals surface area contributed by atoms with E-state index in [1.807, 2.05) is 41.3 Å². The summed E-state index contributed by atoms with van der Waals surface area (Å²) in [6.45, 7) is 1.58. The van der Waals surface area contributed by atoms with Crippen molar-refractivity contribution in [2.75, 3.05) is 13.1 Å². The zero-order valence-electron chi connectivity index (χ0n) is 16.7. The van der Waals surface area contributed by atoms with Crippen molar-refractivity contribution in [3.05, 3.63) is 83.4 Å². The first kappa shape index (κ1) is 19.8. The van der Waals surface area contributed by atoms with Crippen LogP contribution in [0.5, 0.6) is 0 Å². The molecule has 0 aliphatic carbocycles. The molecule has 156 valence electrons. The number of nitrogens with zero attached hydrogens (tertiary/aromatic N) is 3. The van der Waals surface area contributed by atoms with Crippen LogP contribution < -0.4 is 0 Å². The Bertz CT molecular complexity index is 1250. The summed E-state index contributed by atoms with van der Waals surface area (Å²) in [5.74, 6) is -1.38. The number of benzene rings is 2. The Kier molecular flexibility index (Phi) is 5.21. The van der Waals surface area contributed by atoms with Gasteiger partial charge in [0.1, 0.15) is 10.8 Å². The number of halogens is 1. The molecule has 7 heteroatoms. The first-order chi connectivity index (χ1) is 15.0. The quantitative estimate of drug-likeness (QED) is 0.481. The van der Waals surface area contributed by atoms with Crippen molar-refractivity contribution in [2.45, 2.75) is 13.0 Å². The molecule has 5 rings (SSSR count). The second-order valence-electron chi connectivity index (χ2n) is 7.86. The maximum absolute atomic E-state index is 14.9. The molecule has 1 aliphatic heterocycles. The zero-order valence-corrected chi connectivity index (χ0v) is 17.5. The summed E-state index contributed by atoms with van der Waals surface area (Å²) in [4.78, 5) is 21.9. The highest BCUT2D eigenvalue weighted by atomic mass is 32.1. The van der Waals surface area contributed by atoms with E-state index >= 15 is 0 Å². The predicted molar refractivity (Wildman–Crippen MR) is 118 cm³/mol. The largest absolute Gasteiger partial charge is 0.481 e. The molecule has 1 saturated heterocycles. The fraction of sp³-hybridized carbons (Fsp3) is 0.208. The van der Waals surface area contributed by atoms with E-state index in [0.29, 0.717) is 30.2 Å². The Hall–Kier alpha value is -3.16. The molecule has 2 aromatic heterocycles. The smallest absolute Gasteiger partial charge is 0.309 e. The lowest BCUT2D eigenvalue weighted by Crippen LogP contribution is -2.49. The molecule has 5 nitrogen and oxygen atoms in total. The maximum Gasteiger partial charge on any atom is 0.309 e. The molecule has 0 saturated carbocycles. The van der Waals surface area contributed by atoms with Gasteiger partial charge in [-0.25, -0.2) is 9.37 Å². The van der Waals surface area contributed by atoms with Crippen LogP contribution in [0.1, 0.15) is 16.8 Å². The lowest BCUT2D eigenvalue weighted by molar-refractivity contribution is -0.147. The number of carboxylic acids is 1. The molecule has 0 radical (unpaired) electrons. The van der Waals surface area contributed by atoms with Crippen LogP contribution in [0.15, 0.2) is 60.8 Å². The molecule has 31 heavy (non-hydrogen) atoms. The van der Waals surface area contributed by atoms with E-state index in [1.54, 1.807) is 12.3 Å². The van der Waals surface area contributed by atoms with Crippen LogP contribution in [0.2, 0.25) is 0 Å². The molecule has 0 spiro atoms. The normalized spacial score (nSPS) is 14.6. The number of fused-ring (bicyclic) bond motifs is 1. The minimum atomic E-state index is -0.767. The van der Waals surface area contributed by atoms with Gasteiger partial charge >= 0.3 is 5.97 Å². The molecule has 0 amide bonds. The number of thiazole rings is 1. The number of carboxylic acid groups (broad SMARTS) is 1. The van der Waals surface area contributed by atoms with E-state index in [-0.39, 0.29) is 11.7 Å². The van der Waals surface area contributed by atoms with Gasteiger partial charge in [0, 0.05) is 43.5 Å². The molecule has 0 bridgehead atoms. The Morgan fingerprint density at radius 1 is 1.13 bits per heavy atom. The first-order valence-corrected chi connectivity index (χ1v) is 10.9. The molecule has 1 fully saturated rings. The average Bonchev–Trinajstić information content (AvgIpc) is 3.14. The molecular weight excluding hydrogens is 413 g/mol. The van der Waals surface area contributed by atoms with Gasteiger partial charge in [-0.3, -0.25) is 14.7 Å². The van der Waals surface area contributed by atoms with Gasteiger partial charge in [0.15, 0.2) is 0 Å². The van der Waals surface area contributed by atoms with E-state index in [4.69, 9.17) is 5.11 Å². The molecular formula is C24H20FN3O2S. The number of pyridine rings is 1. The van der Waals surface area contributed by atoms with Gasteiger partial charge in [0.05, 0.1) is 16.1 Å². The molecule has 1 N–H and O–H groups in total. The third-order valence-electron chi connectivity index (χ3n) is 5.54. The standard InChI is InChI=1S/C24H20FN3O2S/c25-20-10-16(12-28-13-17(14-28)24(29)30)4-6-19(20)23-27-21-7-5-15(11-22(21)31-23)9-18-3-1-2-8-26-18/h1-8,10-11,17H,9,12-14H2,(H,29,30). The van der Waals surface area contributed by atoms with Gasteiger partial charge in [-0.1, -0.05) is 18.2 Å². The highest BCUT2D eigenvalue weighted by Gasteiger charge is 2.32. The van der Waals surface area contributed by atoms with Crippen molar-refractivity contribution in [1.82, 2.24) is 14.9 Å². The Morgan fingerprint density at radius 2 is 1.97 bits per heavy atom. The summed E-state index contributed by atoms with van der Waals surface area (Å²) < 4.78 is 15.9. The second kappa shape index (κ2) is 8.17. The minimum Gasteiger partial charge on any atom is -0.481 e. The van der Waals surface area contributed by atoms with Gasteiger partial charge < -0.3 is 5.11 Å². The highest BCUT2D eigenvalue weighted by Crippen LogP contribution is 2.33. The number of rotatable bonds is 6. The van der Waals surface area contributed by atoms with E-state index < -0.39 is 5.97 Å². The van der Waals surface area contributed by atoms with Crippen LogP contribution in [0, 0.1) is 11.7 Å². The van der Waals surface area contributed by atoms with Crippen molar-refractivity contribution >= 4 is 27.5 Å². The monoisotopic (exact) mass is 433 g/mol. The summed E-state index contributed by atoms with van der Waals surface area (Å²) in [5, 5.41) is 9.64. The zero-order chi connectivity index (χ0) is 21.4. The highest BCUT2D eigenvalue weighted by molar-refractivity contribution is 7.21. The number of hydrogen-bond acceptors (Lipinski definition) is 5. The third-order valence-corrected chi connectivity index (χ3v) is 6.59. The van der Waals surface area contributed by atoms with Crippen LogP contribution in [-0.2, 0) is 17.8 Å². The first-order valence-electron chi connectivity index (χ1n) is 10.1. The molecule has 0 atom stereocenters. The van der Waals surface area contributed by atoms with Crippen molar-refractivity contribution in [3.63, 3.8) is 0 Å². The van der Waals surface area contributed by atoms with Gasteiger partial charge in [-0.05, 0) is 47.5 Å². The van der Waals surface area contributed by atoms with Crippen LogP contribution >= 0.6 is 11.3 Å². The fourth-order valence-electron chi connectivity index (χ4n) is 3.85. The summed E-state index contributed by atoms with van der Waals surface area (Å²) in [6.07, 6.45) is 2.53. The molecule has 2 aromatic carbocycles. The Labute approximate surface area is 182 Å². The average molecular weight is 434 g/mol. The Morgan fingerprint density at radius 3 is 2.71 bits per heavy atom. The van der Waals surface area contributed by atoms with Crippen molar-refractivity contribution < 1.29 is 14.3 Å². The SMILES string of the molecule is O=C(O)C1CN(Cc2ccc(-c3nc4ccc(Cc5ccccn5)cc4s3)c(F)c2)C1. The summed E-state index contributed by atoms with van der Waals surface area (Å²) in [6, 6.07) is 17.2. The fourth-order valence-corrected chi connectivity index (χ4v) is 4.91.